The van der Waals surface area contributed by atoms with Gasteiger partial charge >= 0.3 is 5.97 Å². The first-order valence-corrected chi connectivity index (χ1v) is 12.5. The number of carboxylic acids is 1. The number of carboxylic acid groups (broad SMARTS) is 1. The van der Waals surface area contributed by atoms with Gasteiger partial charge in [-0.2, -0.15) is 0 Å². The largest absolute Gasteiger partial charge is 0.494 e. The number of ether oxygens (including phenoxy) is 1. The van der Waals surface area contributed by atoms with Crippen molar-refractivity contribution in [1.29, 1.82) is 0 Å². The van der Waals surface area contributed by atoms with E-state index >= 15 is 0 Å². The molecule has 1 unspecified atom stereocenters. The van der Waals surface area contributed by atoms with E-state index in [-0.39, 0.29) is 13.0 Å². The van der Waals surface area contributed by atoms with Gasteiger partial charge in [0.2, 0.25) is 11.8 Å². The van der Waals surface area contributed by atoms with Crippen molar-refractivity contribution in [3.05, 3.63) is 54.1 Å². The minimum absolute atomic E-state index is 0.121. The first kappa shape index (κ1) is 26.9. The van der Waals surface area contributed by atoms with Crippen molar-refractivity contribution in [2.24, 2.45) is 5.92 Å². The second-order valence-electron chi connectivity index (χ2n) is 9.34. The highest BCUT2D eigenvalue weighted by Gasteiger charge is 2.44. The summed E-state index contributed by atoms with van der Waals surface area (Å²) in [5, 5.41) is 11.3. The Kier molecular flexibility index (Phi) is 9.61. The Morgan fingerprint density at radius 3 is 2.25 bits per heavy atom. The van der Waals surface area contributed by atoms with Crippen molar-refractivity contribution in [3.63, 3.8) is 0 Å². The fourth-order valence-corrected chi connectivity index (χ4v) is 4.08. The third-order valence-corrected chi connectivity index (χ3v) is 6.21. The van der Waals surface area contributed by atoms with E-state index in [1.54, 1.807) is 36.4 Å². The molecular weight excluding hydrogens is 460 g/mol. The third-order valence-electron chi connectivity index (χ3n) is 6.21. The number of Topliss-reactive ketones (excluding diaryl/α,β-unsaturated/α-hetero) is 1. The molecule has 1 heterocycles. The van der Waals surface area contributed by atoms with Crippen LogP contribution in [0, 0.1) is 5.92 Å². The molecule has 0 radical (unpaired) electrons. The first-order valence-electron chi connectivity index (χ1n) is 12.5. The number of anilines is 2. The van der Waals surface area contributed by atoms with Crippen LogP contribution < -0.4 is 15.0 Å². The van der Waals surface area contributed by atoms with Gasteiger partial charge in [-0.25, -0.2) is 0 Å². The molecule has 1 aliphatic heterocycles. The second kappa shape index (κ2) is 12.9. The summed E-state index contributed by atoms with van der Waals surface area (Å²) in [6.45, 7) is 4.58. The molecule has 2 amide bonds. The first-order chi connectivity index (χ1) is 17.3. The lowest BCUT2D eigenvalue weighted by atomic mass is 10.0. The Morgan fingerprint density at radius 2 is 1.61 bits per heavy atom. The maximum Gasteiger partial charge on any atom is 0.303 e. The number of hydrogen-bond acceptors (Lipinski definition) is 5. The Bertz CT molecular complexity index is 1060. The van der Waals surface area contributed by atoms with Crippen LogP contribution in [0.3, 0.4) is 0 Å². The smallest absolute Gasteiger partial charge is 0.303 e. The molecule has 36 heavy (non-hydrogen) atoms. The Morgan fingerprint density at radius 1 is 0.972 bits per heavy atom. The fraction of sp³-hybridized carbons (Fsp3) is 0.429. The summed E-state index contributed by atoms with van der Waals surface area (Å²) in [7, 11) is 0. The van der Waals surface area contributed by atoms with Gasteiger partial charge < -0.3 is 20.1 Å². The van der Waals surface area contributed by atoms with Crippen molar-refractivity contribution in [2.45, 2.75) is 58.3 Å². The highest BCUT2D eigenvalue weighted by Crippen LogP contribution is 2.26. The zero-order valence-electron chi connectivity index (χ0n) is 20.9. The number of nitrogens with one attached hydrogen (secondary N) is 1. The Labute approximate surface area is 211 Å². The molecule has 0 bridgehead atoms. The molecule has 0 saturated carbocycles. The van der Waals surface area contributed by atoms with Crippen LogP contribution in [0.4, 0.5) is 11.4 Å². The molecule has 8 heteroatoms. The number of ketones is 1. The number of nitrogens with zero attached hydrogens (tertiary/aromatic N) is 1. The van der Waals surface area contributed by atoms with Gasteiger partial charge in [-0.1, -0.05) is 45.2 Å². The standard InChI is InChI=1S/C28H34N2O6/c1-19(2)20-9-13-22(14-10-20)30-18-24(31)26(28(30)35)27(34)29-21-11-15-23(16-12-21)36-17-7-5-3-4-6-8-25(32)33/h9-16,19,26H,3-8,17-18H2,1-2H3,(H,29,34)(H,32,33). The molecule has 0 aromatic heterocycles. The number of unbranched alkanes of at least 4 members (excludes halogenated alkanes) is 4. The monoisotopic (exact) mass is 494 g/mol. The lowest BCUT2D eigenvalue weighted by Gasteiger charge is -2.17. The summed E-state index contributed by atoms with van der Waals surface area (Å²) in [6.07, 6.45) is 4.62. The zero-order valence-corrected chi connectivity index (χ0v) is 20.9. The lowest BCUT2D eigenvalue weighted by molar-refractivity contribution is -0.137. The number of amides is 2. The van der Waals surface area contributed by atoms with E-state index in [1.807, 2.05) is 12.1 Å². The van der Waals surface area contributed by atoms with Gasteiger partial charge in [0.05, 0.1) is 13.2 Å². The van der Waals surface area contributed by atoms with Crippen molar-refractivity contribution in [2.75, 3.05) is 23.4 Å². The summed E-state index contributed by atoms with van der Waals surface area (Å²) in [5.41, 5.74) is 2.22. The fourth-order valence-electron chi connectivity index (χ4n) is 4.08. The van der Waals surface area contributed by atoms with E-state index in [9.17, 15) is 19.2 Å². The lowest BCUT2D eigenvalue weighted by Crippen LogP contribution is -2.34. The molecule has 192 valence electrons. The summed E-state index contributed by atoms with van der Waals surface area (Å²) >= 11 is 0. The van der Waals surface area contributed by atoms with Crippen LogP contribution >= 0.6 is 0 Å². The summed E-state index contributed by atoms with van der Waals surface area (Å²) in [5.74, 6) is -2.68. The number of aliphatic carboxylic acids is 1. The van der Waals surface area contributed by atoms with Crippen molar-refractivity contribution in [3.8, 4) is 5.75 Å². The average molecular weight is 495 g/mol. The van der Waals surface area contributed by atoms with Crippen LogP contribution in [0.25, 0.3) is 0 Å². The van der Waals surface area contributed by atoms with E-state index < -0.39 is 29.5 Å². The van der Waals surface area contributed by atoms with Gasteiger partial charge in [0, 0.05) is 17.8 Å². The quantitative estimate of drug-likeness (QED) is 0.306. The van der Waals surface area contributed by atoms with Crippen molar-refractivity contribution < 1.29 is 29.0 Å². The average Bonchev–Trinajstić information content (AvgIpc) is 3.15. The molecule has 0 spiro atoms. The second-order valence-corrected chi connectivity index (χ2v) is 9.34. The zero-order chi connectivity index (χ0) is 26.1. The van der Waals surface area contributed by atoms with Gasteiger partial charge in [0.1, 0.15) is 5.75 Å². The third kappa shape index (κ3) is 7.41. The van der Waals surface area contributed by atoms with Crippen LogP contribution in [-0.4, -0.2) is 41.8 Å². The number of benzene rings is 2. The molecular formula is C28H34N2O6. The van der Waals surface area contributed by atoms with Crippen LogP contribution in [0.5, 0.6) is 5.75 Å². The van der Waals surface area contributed by atoms with Gasteiger partial charge in [-0.3, -0.25) is 19.2 Å². The molecule has 0 aliphatic carbocycles. The molecule has 1 atom stereocenters. The molecule has 2 aromatic rings. The summed E-state index contributed by atoms with van der Waals surface area (Å²) in [4.78, 5) is 50.0. The van der Waals surface area contributed by atoms with Crippen molar-refractivity contribution >= 4 is 34.9 Å². The van der Waals surface area contributed by atoms with E-state index in [4.69, 9.17) is 9.84 Å². The maximum absolute atomic E-state index is 12.9. The van der Waals surface area contributed by atoms with E-state index in [1.165, 1.54) is 4.90 Å². The SMILES string of the molecule is CC(C)c1ccc(N2CC(=O)C(C(=O)Nc3ccc(OCCCCCCCC(=O)O)cc3)C2=O)cc1. The van der Waals surface area contributed by atoms with Gasteiger partial charge in [0.15, 0.2) is 11.7 Å². The summed E-state index contributed by atoms with van der Waals surface area (Å²) in [6, 6.07) is 14.3. The molecule has 8 nitrogen and oxygen atoms in total. The molecule has 1 saturated heterocycles. The van der Waals surface area contributed by atoms with E-state index in [0.29, 0.717) is 36.1 Å². The van der Waals surface area contributed by atoms with Crippen LogP contribution in [0.15, 0.2) is 48.5 Å². The number of hydrogen-bond donors (Lipinski definition) is 2. The molecule has 2 aromatic carbocycles. The minimum Gasteiger partial charge on any atom is -0.494 e. The number of rotatable bonds is 13. The normalized spacial score (nSPS) is 15.4. The minimum atomic E-state index is -1.36. The van der Waals surface area contributed by atoms with Crippen LogP contribution in [0.2, 0.25) is 0 Å². The molecule has 2 N–H and O–H groups in total. The molecule has 1 fully saturated rings. The Balaban J connectivity index is 1.45. The topological polar surface area (TPSA) is 113 Å². The molecule has 1 aliphatic rings. The predicted molar refractivity (Wildman–Crippen MR) is 137 cm³/mol. The van der Waals surface area contributed by atoms with Crippen molar-refractivity contribution in [1.82, 2.24) is 0 Å². The maximum atomic E-state index is 12.9. The highest BCUT2D eigenvalue weighted by molar-refractivity contribution is 6.30. The van der Waals surface area contributed by atoms with Crippen LogP contribution in [0.1, 0.15) is 63.9 Å². The highest BCUT2D eigenvalue weighted by atomic mass is 16.5. The molecule has 3 rings (SSSR count). The van der Waals surface area contributed by atoms with E-state index in [0.717, 1.165) is 31.2 Å². The number of carbonyl (C=O) groups excluding carboxylic acids is 3. The van der Waals surface area contributed by atoms with E-state index in [2.05, 4.69) is 19.2 Å². The van der Waals surface area contributed by atoms with Gasteiger partial charge in [-0.05, 0) is 60.7 Å². The van der Waals surface area contributed by atoms with Gasteiger partial charge in [-0.15, -0.1) is 0 Å². The summed E-state index contributed by atoms with van der Waals surface area (Å²) < 4.78 is 5.71. The van der Waals surface area contributed by atoms with Gasteiger partial charge in [0.25, 0.3) is 0 Å². The van der Waals surface area contributed by atoms with Crippen LogP contribution in [-0.2, 0) is 19.2 Å². The number of carbonyl (C=O) groups is 4. The Hall–Kier alpha value is -3.68. The predicted octanol–water partition coefficient (Wildman–Crippen LogP) is 4.78.